The molecule has 1 saturated heterocycles. The van der Waals surface area contributed by atoms with E-state index in [9.17, 15) is 9.59 Å². The number of nitrogens with one attached hydrogen (secondary N) is 1. The first-order chi connectivity index (χ1) is 14.0. The topological polar surface area (TPSA) is 54.3 Å². The van der Waals surface area contributed by atoms with E-state index in [1.54, 1.807) is 18.2 Å². The summed E-state index contributed by atoms with van der Waals surface area (Å²) in [5.41, 5.74) is 8.71. The molecule has 0 unspecified atom stereocenters. The molecule has 29 heavy (non-hydrogen) atoms. The van der Waals surface area contributed by atoms with Gasteiger partial charge in [0.25, 0.3) is 11.8 Å². The lowest BCUT2D eigenvalue weighted by molar-refractivity contribution is -0.117. The third-order valence-electron chi connectivity index (χ3n) is 5.29. The summed E-state index contributed by atoms with van der Waals surface area (Å²) in [5.74, 6) is -0.738. The SMILES string of the molecule is CCc1ccccc1-n1c(C)cc(/C=C2/C(=O)NN(c3ccccc3)C2=O)c1C. The smallest absolute Gasteiger partial charge is 0.282 e. The van der Waals surface area contributed by atoms with Crippen molar-refractivity contribution >= 4 is 23.6 Å². The molecular weight excluding hydrogens is 362 g/mol. The van der Waals surface area contributed by atoms with E-state index < -0.39 is 5.91 Å². The van der Waals surface area contributed by atoms with Gasteiger partial charge in [-0.05, 0) is 61.7 Å². The number of aromatic nitrogens is 1. The number of hydrazine groups is 1. The molecule has 1 aliphatic rings. The first-order valence-electron chi connectivity index (χ1n) is 9.70. The third kappa shape index (κ3) is 3.25. The van der Waals surface area contributed by atoms with Crippen LogP contribution in [0.4, 0.5) is 5.69 Å². The van der Waals surface area contributed by atoms with Crippen LogP contribution in [0.3, 0.4) is 0 Å². The number of carbonyl (C=O) groups is 2. The van der Waals surface area contributed by atoms with E-state index in [2.05, 4.69) is 29.0 Å². The largest absolute Gasteiger partial charge is 0.318 e. The van der Waals surface area contributed by atoms with Crippen LogP contribution in [0.5, 0.6) is 0 Å². The molecular formula is C24H23N3O2. The van der Waals surface area contributed by atoms with Crippen molar-refractivity contribution in [3.63, 3.8) is 0 Å². The molecule has 0 spiro atoms. The van der Waals surface area contributed by atoms with Gasteiger partial charge in [0.05, 0.1) is 5.69 Å². The van der Waals surface area contributed by atoms with Crippen molar-refractivity contribution in [2.45, 2.75) is 27.2 Å². The lowest BCUT2D eigenvalue weighted by Crippen LogP contribution is -2.35. The van der Waals surface area contributed by atoms with E-state index in [-0.39, 0.29) is 11.5 Å². The normalized spacial score (nSPS) is 15.3. The molecule has 0 atom stereocenters. The highest BCUT2D eigenvalue weighted by molar-refractivity contribution is 6.31. The number of anilines is 1. The summed E-state index contributed by atoms with van der Waals surface area (Å²) in [7, 11) is 0. The fourth-order valence-corrected chi connectivity index (χ4v) is 3.80. The maximum atomic E-state index is 12.9. The van der Waals surface area contributed by atoms with E-state index in [4.69, 9.17) is 0 Å². The van der Waals surface area contributed by atoms with Crippen molar-refractivity contribution in [1.82, 2.24) is 9.99 Å². The van der Waals surface area contributed by atoms with Crippen molar-refractivity contribution < 1.29 is 9.59 Å². The van der Waals surface area contributed by atoms with Gasteiger partial charge in [-0.1, -0.05) is 43.3 Å². The molecule has 2 amide bonds. The first kappa shape index (κ1) is 18.7. The number of amides is 2. The van der Waals surface area contributed by atoms with Crippen LogP contribution >= 0.6 is 0 Å². The number of carbonyl (C=O) groups excluding carboxylic acids is 2. The Balaban J connectivity index is 1.74. The van der Waals surface area contributed by atoms with Gasteiger partial charge < -0.3 is 4.57 Å². The molecule has 1 aliphatic heterocycles. The minimum Gasteiger partial charge on any atom is -0.318 e. The van der Waals surface area contributed by atoms with Crippen LogP contribution in [0.1, 0.15) is 29.4 Å². The van der Waals surface area contributed by atoms with E-state index >= 15 is 0 Å². The maximum absolute atomic E-state index is 12.9. The molecule has 4 rings (SSSR count). The Morgan fingerprint density at radius 2 is 1.66 bits per heavy atom. The van der Waals surface area contributed by atoms with E-state index in [1.807, 2.05) is 50.2 Å². The summed E-state index contributed by atoms with van der Waals surface area (Å²) in [5, 5.41) is 1.29. The molecule has 0 aliphatic carbocycles. The number of para-hydroxylation sites is 2. The van der Waals surface area contributed by atoms with Gasteiger partial charge in [0.2, 0.25) is 0 Å². The van der Waals surface area contributed by atoms with E-state index in [1.165, 1.54) is 10.6 Å². The van der Waals surface area contributed by atoms with Gasteiger partial charge in [0.15, 0.2) is 0 Å². The average molecular weight is 385 g/mol. The summed E-state index contributed by atoms with van der Waals surface area (Å²) in [6, 6.07) is 19.4. The van der Waals surface area contributed by atoms with Gasteiger partial charge >= 0.3 is 0 Å². The quantitative estimate of drug-likeness (QED) is 0.543. The Kier molecular flexibility index (Phi) is 4.80. The fourth-order valence-electron chi connectivity index (χ4n) is 3.80. The molecule has 0 bridgehead atoms. The van der Waals surface area contributed by atoms with E-state index in [0.717, 1.165) is 29.1 Å². The summed E-state index contributed by atoms with van der Waals surface area (Å²) in [4.78, 5) is 25.4. The van der Waals surface area contributed by atoms with Crippen molar-refractivity contribution in [3.8, 4) is 5.69 Å². The second-order valence-corrected chi connectivity index (χ2v) is 7.12. The standard InChI is InChI=1S/C24H23N3O2/c1-4-18-10-8-9-13-22(18)26-16(2)14-19(17(26)3)15-21-23(28)25-27(24(21)29)20-11-6-5-7-12-20/h5-15H,4H2,1-3H3,(H,25,28)/b21-15-. The van der Waals surface area contributed by atoms with Crippen LogP contribution < -0.4 is 10.4 Å². The molecule has 5 heteroatoms. The van der Waals surface area contributed by atoms with Crippen molar-refractivity contribution in [2.24, 2.45) is 0 Å². The lowest BCUT2D eigenvalue weighted by atomic mass is 10.1. The minimum atomic E-state index is -0.391. The molecule has 1 fully saturated rings. The highest BCUT2D eigenvalue weighted by atomic mass is 16.2. The minimum absolute atomic E-state index is 0.137. The maximum Gasteiger partial charge on any atom is 0.282 e. The zero-order valence-electron chi connectivity index (χ0n) is 16.8. The molecule has 5 nitrogen and oxygen atoms in total. The first-order valence-corrected chi connectivity index (χ1v) is 9.70. The van der Waals surface area contributed by atoms with Crippen molar-refractivity contribution in [3.05, 3.63) is 88.8 Å². The lowest BCUT2D eigenvalue weighted by Gasteiger charge is -2.14. The van der Waals surface area contributed by atoms with Gasteiger partial charge in [-0.25, -0.2) is 5.01 Å². The second kappa shape index (κ2) is 7.43. The van der Waals surface area contributed by atoms with Gasteiger partial charge in [-0.2, -0.15) is 0 Å². The molecule has 0 saturated carbocycles. The molecule has 2 aromatic carbocycles. The Morgan fingerprint density at radius 3 is 2.38 bits per heavy atom. The predicted molar refractivity (Wildman–Crippen MR) is 115 cm³/mol. The second-order valence-electron chi connectivity index (χ2n) is 7.12. The zero-order valence-corrected chi connectivity index (χ0v) is 16.8. The number of rotatable bonds is 4. The van der Waals surface area contributed by atoms with Crippen LogP contribution in [0.15, 0.2) is 66.2 Å². The molecule has 146 valence electrons. The monoisotopic (exact) mass is 385 g/mol. The number of aryl methyl sites for hydroxylation is 2. The van der Waals surface area contributed by atoms with E-state index in [0.29, 0.717) is 5.69 Å². The van der Waals surface area contributed by atoms with Gasteiger partial charge in [-0.15, -0.1) is 0 Å². The molecule has 1 N–H and O–H groups in total. The highest BCUT2D eigenvalue weighted by Crippen LogP contribution is 2.27. The molecule has 3 aromatic rings. The number of hydrogen-bond donors (Lipinski definition) is 1. The summed E-state index contributed by atoms with van der Waals surface area (Å²) >= 11 is 0. The molecule has 1 aromatic heterocycles. The Hall–Kier alpha value is -3.60. The van der Waals surface area contributed by atoms with Crippen LogP contribution in [-0.2, 0) is 16.0 Å². The fraction of sp³-hybridized carbons (Fsp3) is 0.167. The van der Waals surface area contributed by atoms with Gasteiger partial charge in [0.1, 0.15) is 5.57 Å². The Labute approximate surface area is 170 Å². The average Bonchev–Trinajstić information content (AvgIpc) is 3.18. The zero-order chi connectivity index (χ0) is 20.5. The molecule has 0 radical (unpaired) electrons. The van der Waals surface area contributed by atoms with Gasteiger partial charge in [-0.3, -0.25) is 15.0 Å². The molecule has 2 heterocycles. The van der Waals surface area contributed by atoms with Crippen molar-refractivity contribution in [2.75, 3.05) is 5.01 Å². The van der Waals surface area contributed by atoms with Crippen LogP contribution in [-0.4, -0.2) is 16.4 Å². The summed E-state index contributed by atoms with van der Waals surface area (Å²) in [6.07, 6.45) is 2.62. The summed E-state index contributed by atoms with van der Waals surface area (Å²) in [6.45, 7) is 6.18. The van der Waals surface area contributed by atoms with Crippen LogP contribution in [0.2, 0.25) is 0 Å². The van der Waals surface area contributed by atoms with Crippen LogP contribution in [0.25, 0.3) is 11.8 Å². The highest BCUT2D eigenvalue weighted by Gasteiger charge is 2.34. The van der Waals surface area contributed by atoms with Crippen molar-refractivity contribution in [1.29, 1.82) is 0 Å². The summed E-state index contributed by atoms with van der Waals surface area (Å²) < 4.78 is 2.18. The Bertz CT molecular complexity index is 1130. The van der Waals surface area contributed by atoms with Crippen LogP contribution in [0, 0.1) is 13.8 Å². The number of nitrogens with zero attached hydrogens (tertiary/aromatic N) is 2. The number of benzene rings is 2. The number of hydrogen-bond acceptors (Lipinski definition) is 2. The third-order valence-corrected chi connectivity index (χ3v) is 5.29. The predicted octanol–water partition coefficient (Wildman–Crippen LogP) is 4.12. The van der Waals surface area contributed by atoms with Gasteiger partial charge in [0, 0.05) is 17.1 Å². The Morgan fingerprint density at radius 1 is 0.966 bits per heavy atom.